The number of methoxy groups -OCH3 is 1. The SMILES string of the molecule is CNC(c1sccc1Cl)C(C)(C)OC. The highest BCUT2D eigenvalue weighted by molar-refractivity contribution is 7.10. The van der Waals surface area contributed by atoms with Crippen molar-refractivity contribution < 1.29 is 4.74 Å². The van der Waals surface area contributed by atoms with E-state index in [1.165, 1.54) is 0 Å². The van der Waals surface area contributed by atoms with Crippen LogP contribution in [0.3, 0.4) is 0 Å². The fourth-order valence-corrected chi connectivity index (χ4v) is 2.87. The van der Waals surface area contributed by atoms with Crippen molar-refractivity contribution in [3.05, 3.63) is 21.3 Å². The van der Waals surface area contributed by atoms with E-state index in [9.17, 15) is 0 Å². The van der Waals surface area contributed by atoms with Gasteiger partial charge in [-0.05, 0) is 32.3 Å². The number of hydrogen-bond acceptors (Lipinski definition) is 3. The van der Waals surface area contributed by atoms with Crippen LogP contribution in [0.5, 0.6) is 0 Å². The minimum Gasteiger partial charge on any atom is -0.377 e. The third kappa shape index (κ3) is 2.28. The Kier molecular flexibility index (Phi) is 3.95. The third-order valence-electron chi connectivity index (χ3n) is 2.42. The van der Waals surface area contributed by atoms with Crippen LogP contribution in [0.2, 0.25) is 5.02 Å². The van der Waals surface area contributed by atoms with Crippen LogP contribution >= 0.6 is 22.9 Å². The first-order chi connectivity index (χ1) is 6.53. The van der Waals surface area contributed by atoms with E-state index in [2.05, 4.69) is 5.32 Å². The Balaban J connectivity index is 2.99. The second-order valence-corrected chi connectivity index (χ2v) is 5.02. The molecule has 0 aliphatic heterocycles. The first kappa shape index (κ1) is 12.0. The maximum atomic E-state index is 6.09. The van der Waals surface area contributed by atoms with Gasteiger partial charge in [0, 0.05) is 12.0 Å². The van der Waals surface area contributed by atoms with Crippen molar-refractivity contribution in [1.29, 1.82) is 0 Å². The number of halogens is 1. The summed E-state index contributed by atoms with van der Waals surface area (Å²) in [7, 11) is 3.63. The van der Waals surface area contributed by atoms with E-state index in [0.717, 1.165) is 9.90 Å². The van der Waals surface area contributed by atoms with Crippen molar-refractivity contribution in [2.45, 2.75) is 25.5 Å². The van der Waals surface area contributed by atoms with Gasteiger partial charge in [-0.2, -0.15) is 0 Å². The van der Waals surface area contributed by atoms with Crippen molar-refractivity contribution in [2.24, 2.45) is 0 Å². The Morgan fingerprint density at radius 3 is 2.57 bits per heavy atom. The molecular weight excluding hydrogens is 218 g/mol. The molecule has 1 heterocycles. The van der Waals surface area contributed by atoms with E-state index in [1.807, 2.05) is 32.3 Å². The van der Waals surface area contributed by atoms with Gasteiger partial charge in [0.05, 0.1) is 16.7 Å². The predicted octanol–water partition coefficient (Wildman–Crippen LogP) is 3.09. The van der Waals surface area contributed by atoms with E-state index >= 15 is 0 Å². The molecule has 4 heteroatoms. The number of thiophene rings is 1. The minimum absolute atomic E-state index is 0.125. The zero-order chi connectivity index (χ0) is 10.8. The van der Waals surface area contributed by atoms with Gasteiger partial charge in [0.15, 0.2) is 0 Å². The number of ether oxygens (including phenoxy) is 1. The molecule has 1 unspecified atom stereocenters. The molecule has 0 bridgehead atoms. The molecule has 0 spiro atoms. The number of likely N-dealkylation sites (N-methyl/N-ethyl adjacent to an activating group) is 1. The first-order valence-corrected chi connectivity index (χ1v) is 5.74. The van der Waals surface area contributed by atoms with Crippen molar-refractivity contribution in [1.82, 2.24) is 5.32 Å². The van der Waals surface area contributed by atoms with Crippen LogP contribution in [-0.2, 0) is 4.74 Å². The second-order valence-electron chi connectivity index (χ2n) is 3.66. The van der Waals surface area contributed by atoms with Crippen LogP contribution in [0.15, 0.2) is 11.4 Å². The molecule has 0 fully saturated rings. The van der Waals surface area contributed by atoms with Gasteiger partial charge in [-0.3, -0.25) is 0 Å². The fourth-order valence-electron chi connectivity index (χ4n) is 1.42. The van der Waals surface area contributed by atoms with Crippen molar-refractivity contribution in [2.75, 3.05) is 14.2 Å². The molecule has 14 heavy (non-hydrogen) atoms. The van der Waals surface area contributed by atoms with E-state index in [-0.39, 0.29) is 11.6 Å². The Bertz CT molecular complexity index is 298. The predicted molar refractivity (Wildman–Crippen MR) is 62.2 cm³/mol. The largest absolute Gasteiger partial charge is 0.377 e. The van der Waals surface area contributed by atoms with Gasteiger partial charge in [-0.25, -0.2) is 0 Å². The normalized spacial score (nSPS) is 14.4. The molecule has 0 aliphatic carbocycles. The molecule has 2 nitrogen and oxygen atoms in total. The lowest BCUT2D eigenvalue weighted by Crippen LogP contribution is -2.38. The summed E-state index contributed by atoms with van der Waals surface area (Å²) in [4.78, 5) is 1.13. The summed E-state index contributed by atoms with van der Waals surface area (Å²) in [6, 6.07) is 2.04. The monoisotopic (exact) mass is 233 g/mol. The molecular formula is C10H16ClNOS. The van der Waals surface area contributed by atoms with Crippen LogP contribution in [0, 0.1) is 0 Å². The van der Waals surface area contributed by atoms with Gasteiger partial charge in [-0.15, -0.1) is 11.3 Å². The van der Waals surface area contributed by atoms with Crippen LogP contribution in [0.4, 0.5) is 0 Å². The zero-order valence-corrected chi connectivity index (χ0v) is 10.5. The zero-order valence-electron chi connectivity index (χ0n) is 8.93. The van der Waals surface area contributed by atoms with Crippen LogP contribution in [0.25, 0.3) is 0 Å². The van der Waals surface area contributed by atoms with Crippen LogP contribution in [0.1, 0.15) is 24.8 Å². The van der Waals surface area contributed by atoms with Gasteiger partial charge >= 0.3 is 0 Å². The molecule has 0 aliphatic rings. The summed E-state index contributed by atoms with van der Waals surface area (Å²) < 4.78 is 5.46. The lowest BCUT2D eigenvalue weighted by atomic mass is 9.97. The summed E-state index contributed by atoms with van der Waals surface area (Å²) in [5.41, 5.74) is -0.261. The van der Waals surface area contributed by atoms with Crippen molar-refractivity contribution in [3.8, 4) is 0 Å². The van der Waals surface area contributed by atoms with Crippen LogP contribution < -0.4 is 5.32 Å². The Hall–Kier alpha value is -0.0900. The van der Waals surface area contributed by atoms with E-state index in [0.29, 0.717) is 0 Å². The van der Waals surface area contributed by atoms with Crippen LogP contribution in [-0.4, -0.2) is 19.8 Å². The molecule has 1 N–H and O–H groups in total. The quantitative estimate of drug-likeness (QED) is 0.863. The molecule has 1 aromatic heterocycles. The standard InChI is InChI=1S/C10H16ClNOS/c1-10(2,13-4)9(12-3)8-7(11)5-6-14-8/h5-6,9,12H,1-4H3. The van der Waals surface area contributed by atoms with Gasteiger partial charge in [0.2, 0.25) is 0 Å². The van der Waals surface area contributed by atoms with Gasteiger partial charge in [0.1, 0.15) is 0 Å². The van der Waals surface area contributed by atoms with Gasteiger partial charge in [-0.1, -0.05) is 11.6 Å². The number of hydrogen-bond donors (Lipinski definition) is 1. The maximum Gasteiger partial charge on any atom is 0.0825 e. The average molecular weight is 234 g/mol. The van der Waals surface area contributed by atoms with E-state index in [4.69, 9.17) is 16.3 Å². The molecule has 0 radical (unpaired) electrons. The molecule has 0 saturated heterocycles. The van der Waals surface area contributed by atoms with Gasteiger partial charge in [0.25, 0.3) is 0 Å². The second kappa shape index (κ2) is 4.62. The summed E-state index contributed by atoms with van der Waals surface area (Å²) in [6.45, 7) is 4.09. The highest BCUT2D eigenvalue weighted by Gasteiger charge is 2.31. The van der Waals surface area contributed by atoms with Gasteiger partial charge < -0.3 is 10.1 Å². The lowest BCUT2D eigenvalue weighted by Gasteiger charge is -2.32. The number of nitrogens with one attached hydrogen (secondary N) is 1. The van der Waals surface area contributed by atoms with Crippen molar-refractivity contribution in [3.63, 3.8) is 0 Å². The fraction of sp³-hybridized carbons (Fsp3) is 0.600. The molecule has 80 valence electrons. The number of rotatable bonds is 4. The summed E-state index contributed by atoms with van der Waals surface area (Å²) >= 11 is 7.74. The molecule has 1 atom stereocenters. The third-order valence-corrected chi connectivity index (χ3v) is 3.84. The molecule has 1 rings (SSSR count). The minimum atomic E-state index is -0.261. The molecule has 1 aromatic rings. The smallest absolute Gasteiger partial charge is 0.0825 e. The topological polar surface area (TPSA) is 21.3 Å². The maximum absolute atomic E-state index is 6.09. The summed E-state index contributed by atoms with van der Waals surface area (Å²) in [6.07, 6.45) is 0. The highest BCUT2D eigenvalue weighted by atomic mass is 35.5. The van der Waals surface area contributed by atoms with Crippen molar-refractivity contribution >= 4 is 22.9 Å². The van der Waals surface area contributed by atoms with E-state index < -0.39 is 0 Å². The molecule has 0 saturated carbocycles. The first-order valence-electron chi connectivity index (χ1n) is 4.48. The average Bonchev–Trinajstić information content (AvgIpc) is 2.53. The molecule has 0 aromatic carbocycles. The Morgan fingerprint density at radius 2 is 2.21 bits per heavy atom. The molecule has 0 amide bonds. The summed E-state index contributed by atoms with van der Waals surface area (Å²) in [5.74, 6) is 0. The highest BCUT2D eigenvalue weighted by Crippen LogP contribution is 2.36. The van der Waals surface area contributed by atoms with E-state index in [1.54, 1.807) is 18.4 Å². The lowest BCUT2D eigenvalue weighted by molar-refractivity contribution is -0.00798. The Labute approximate surface area is 94.2 Å². The Morgan fingerprint density at radius 1 is 1.57 bits per heavy atom. The summed E-state index contributed by atoms with van der Waals surface area (Å²) in [5, 5.41) is 6.04.